The number of ether oxygens (including phenoxy) is 1. The van der Waals surface area contributed by atoms with Gasteiger partial charge >= 0.3 is 0 Å². The van der Waals surface area contributed by atoms with Crippen LogP contribution >= 0.6 is 11.8 Å². The Morgan fingerprint density at radius 2 is 2.35 bits per heavy atom. The molecule has 0 atom stereocenters. The number of benzene rings is 1. The number of hydrazone groups is 1. The summed E-state index contributed by atoms with van der Waals surface area (Å²) >= 11 is 1.18. The largest absolute Gasteiger partial charge is 0.494 e. The van der Waals surface area contributed by atoms with Gasteiger partial charge in [-0.05, 0) is 18.6 Å². The van der Waals surface area contributed by atoms with Gasteiger partial charge in [0.2, 0.25) is 0 Å². The Hall–Kier alpha value is -2.02. The van der Waals surface area contributed by atoms with Crippen molar-refractivity contribution in [3.05, 3.63) is 24.0 Å². The molecule has 0 bridgehead atoms. The van der Waals surface area contributed by atoms with E-state index in [1.54, 1.807) is 0 Å². The molecule has 20 heavy (non-hydrogen) atoms. The molecule has 7 heteroatoms. The number of nitrogens with zero attached hydrogens (tertiary/aromatic N) is 2. The SMILES string of the molecule is CCCOc1ccc2nc(C3=NNC(=O)SC3)[nH]c2c1. The van der Waals surface area contributed by atoms with E-state index in [0.717, 1.165) is 28.9 Å². The van der Waals surface area contributed by atoms with E-state index < -0.39 is 0 Å². The number of thioether (sulfide) groups is 1. The van der Waals surface area contributed by atoms with Crippen LogP contribution < -0.4 is 10.2 Å². The maximum absolute atomic E-state index is 11.1. The van der Waals surface area contributed by atoms with Crippen molar-refractivity contribution in [2.75, 3.05) is 12.4 Å². The van der Waals surface area contributed by atoms with Gasteiger partial charge in [0.1, 0.15) is 11.5 Å². The second-order valence-corrected chi connectivity index (χ2v) is 5.31. The Kier molecular flexibility index (Phi) is 3.60. The van der Waals surface area contributed by atoms with E-state index in [-0.39, 0.29) is 5.24 Å². The van der Waals surface area contributed by atoms with E-state index in [4.69, 9.17) is 4.74 Å². The molecule has 2 heterocycles. The summed E-state index contributed by atoms with van der Waals surface area (Å²) in [6, 6.07) is 5.74. The minimum absolute atomic E-state index is 0.139. The van der Waals surface area contributed by atoms with Gasteiger partial charge < -0.3 is 9.72 Å². The first-order chi connectivity index (χ1) is 9.76. The second kappa shape index (κ2) is 5.54. The zero-order valence-electron chi connectivity index (χ0n) is 11.0. The third-order valence-corrected chi connectivity index (χ3v) is 3.59. The Bertz CT molecular complexity index is 680. The number of fused-ring (bicyclic) bond motifs is 1. The number of aromatic amines is 1. The maximum Gasteiger partial charge on any atom is 0.299 e. The van der Waals surface area contributed by atoms with E-state index in [1.165, 1.54) is 11.8 Å². The number of rotatable bonds is 4. The van der Waals surface area contributed by atoms with Gasteiger partial charge in [-0.3, -0.25) is 4.79 Å². The van der Waals surface area contributed by atoms with Gasteiger partial charge in [0.05, 0.1) is 23.4 Å². The van der Waals surface area contributed by atoms with E-state index in [9.17, 15) is 4.79 Å². The van der Waals surface area contributed by atoms with Crippen LogP contribution in [0.2, 0.25) is 0 Å². The van der Waals surface area contributed by atoms with Gasteiger partial charge in [0.15, 0.2) is 5.82 Å². The van der Waals surface area contributed by atoms with Crippen molar-refractivity contribution < 1.29 is 9.53 Å². The second-order valence-electron chi connectivity index (χ2n) is 4.36. The predicted octanol–water partition coefficient (Wildman–Crippen LogP) is 2.51. The molecule has 2 aromatic rings. The quantitative estimate of drug-likeness (QED) is 0.906. The van der Waals surface area contributed by atoms with Crippen molar-refractivity contribution in [3.8, 4) is 5.75 Å². The summed E-state index contributed by atoms with van der Waals surface area (Å²) in [7, 11) is 0. The smallest absolute Gasteiger partial charge is 0.299 e. The summed E-state index contributed by atoms with van der Waals surface area (Å²) in [5, 5.41) is 3.88. The standard InChI is InChI=1S/C13H14N4O2S/c1-2-5-19-8-3-4-9-10(6-8)15-12(14-9)11-7-20-13(18)17-16-11/h3-4,6H,2,5,7H2,1H3,(H,14,15)(H,17,18). The molecule has 1 amide bonds. The maximum atomic E-state index is 11.1. The van der Waals surface area contributed by atoms with Gasteiger partial charge in [0.25, 0.3) is 5.24 Å². The van der Waals surface area contributed by atoms with Crippen molar-refractivity contribution >= 4 is 33.7 Å². The van der Waals surface area contributed by atoms with E-state index in [1.807, 2.05) is 18.2 Å². The van der Waals surface area contributed by atoms with Crippen molar-refractivity contribution in [1.29, 1.82) is 0 Å². The molecule has 6 nitrogen and oxygen atoms in total. The highest BCUT2D eigenvalue weighted by Crippen LogP contribution is 2.20. The molecule has 0 saturated carbocycles. The Morgan fingerprint density at radius 1 is 1.45 bits per heavy atom. The first-order valence-corrected chi connectivity index (χ1v) is 7.37. The molecule has 1 aliphatic rings. The lowest BCUT2D eigenvalue weighted by Crippen LogP contribution is -2.24. The molecule has 0 saturated heterocycles. The summed E-state index contributed by atoms with van der Waals surface area (Å²) in [6.07, 6.45) is 0.972. The van der Waals surface area contributed by atoms with Crippen molar-refractivity contribution in [3.63, 3.8) is 0 Å². The van der Waals surface area contributed by atoms with Gasteiger partial charge in [-0.25, -0.2) is 10.4 Å². The number of hydrogen-bond donors (Lipinski definition) is 2. The number of imidazole rings is 1. The summed E-state index contributed by atoms with van der Waals surface area (Å²) < 4.78 is 5.59. The number of amides is 1. The van der Waals surface area contributed by atoms with Gasteiger partial charge in [0, 0.05) is 6.07 Å². The van der Waals surface area contributed by atoms with E-state index >= 15 is 0 Å². The third kappa shape index (κ3) is 2.62. The average Bonchev–Trinajstić information content (AvgIpc) is 2.89. The monoisotopic (exact) mass is 290 g/mol. The van der Waals surface area contributed by atoms with Gasteiger partial charge in [-0.2, -0.15) is 5.10 Å². The molecule has 0 unspecified atom stereocenters. The fraction of sp³-hybridized carbons (Fsp3) is 0.308. The molecular formula is C13H14N4O2S. The minimum Gasteiger partial charge on any atom is -0.494 e. The summed E-state index contributed by atoms with van der Waals surface area (Å²) in [4.78, 5) is 18.7. The molecule has 3 rings (SSSR count). The highest BCUT2D eigenvalue weighted by atomic mass is 32.2. The molecule has 1 aliphatic heterocycles. The molecule has 104 valence electrons. The molecule has 0 radical (unpaired) electrons. The normalized spacial score (nSPS) is 15.1. The Morgan fingerprint density at radius 3 is 3.10 bits per heavy atom. The first-order valence-electron chi connectivity index (χ1n) is 6.38. The van der Waals surface area contributed by atoms with Crippen LogP contribution in [0, 0.1) is 0 Å². The number of carbonyl (C=O) groups is 1. The number of H-pyrrole nitrogens is 1. The first kappa shape index (κ1) is 13.0. The van der Waals surface area contributed by atoms with Crippen LogP contribution in [-0.2, 0) is 0 Å². The van der Waals surface area contributed by atoms with Crippen molar-refractivity contribution in [2.24, 2.45) is 5.10 Å². The van der Waals surface area contributed by atoms with Gasteiger partial charge in [-0.15, -0.1) is 0 Å². The molecular weight excluding hydrogens is 276 g/mol. The van der Waals surface area contributed by atoms with Crippen molar-refractivity contribution in [1.82, 2.24) is 15.4 Å². The molecule has 0 spiro atoms. The molecule has 1 aromatic carbocycles. The predicted molar refractivity (Wildman–Crippen MR) is 79.4 cm³/mol. The molecule has 2 N–H and O–H groups in total. The number of carbonyl (C=O) groups excluding carboxylic acids is 1. The van der Waals surface area contributed by atoms with Crippen LogP contribution in [0.25, 0.3) is 11.0 Å². The van der Waals surface area contributed by atoms with Crippen LogP contribution in [0.1, 0.15) is 19.2 Å². The lowest BCUT2D eigenvalue weighted by molar-refractivity contribution is 0.261. The summed E-state index contributed by atoms with van der Waals surface area (Å²) in [6.45, 7) is 2.77. The highest BCUT2D eigenvalue weighted by Gasteiger charge is 2.17. The Labute approximate surface area is 120 Å². The molecule has 1 aromatic heterocycles. The summed E-state index contributed by atoms with van der Waals surface area (Å²) in [5.41, 5.74) is 4.94. The Balaban J connectivity index is 1.88. The summed E-state index contributed by atoms with van der Waals surface area (Å²) in [5.74, 6) is 2.02. The number of nitrogens with one attached hydrogen (secondary N) is 2. The van der Waals surface area contributed by atoms with Crippen LogP contribution in [0.15, 0.2) is 23.3 Å². The van der Waals surface area contributed by atoms with Gasteiger partial charge in [-0.1, -0.05) is 18.7 Å². The lowest BCUT2D eigenvalue weighted by Gasteiger charge is -2.08. The van der Waals surface area contributed by atoms with E-state index in [0.29, 0.717) is 18.2 Å². The zero-order valence-corrected chi connectivity index (χ0v) is 11.8. The number of aromatic nitrogens is 2. The zero-order chi connectivity index (χ0) is 13.9. The fourth-order valence-corrected chi connectivity index (χ4v) is 2.45. The van der Waals surface area contributed by atoms with Crippen LogP contribution in [-0.4, -0.2) is 33.3 Å². The lowest BCUT2D eigenvalue weighted by atomic mass is 10.3. The fourth-order valence-electron chi connectivity index (χ4n) is 1.87. The van der Waals surface area contributed by atoms with Crippen LogP contribution in [0.3, 0.4) is 0 Å². The topological polar surface area (TPSA) is 79.4 Å². The minimum atomic E-state index is -0.139. The third-order valence-electron chi connectivity index (χ3n) is 2.82. The number of hydrogen-bond acceptors (Lipinski definition) is 5. The van der Waals surface area contributed by atoms with Crippen LogP contribution in [0.5, 0.6) is 5.75 Å². The average molecular weight is 290 g/mol. The molecule has 0 fully saturated rings. The van der Waals surface area contributed by atoms with Crippen LogP contribution in [0.4, 0.5) is 4.79 Å². The molecule has 0 aliphatic carbocycles. The van der Waals surface area contributed by atoms with Crippen molar-refractivity contribution in [2.45, 2.75) is 13.3 Å². The van der Waals surface area contributed by atoms with E-state index in [2.05, 4.69) is 27.4 Å². The highest BCUT2D eigenvalue weighted by molar-refractivity contribution is 8.14.